The van der Waals surface area contributed by atoms with Crippen LogP contribution >= 0.6 is 23.2 Å². The minimum atomic E-state index is 0.304. The van der Waals surface area contributed by atoms with E-state index >= 15 is 0 Å². The third-order valence-corrected chi connectivity index (χ3v) is 5.45. The molecule has 118 valence electrons. The number of piperazine rings is 1. The minimum Gasteiger partial charge on any atom is -0.311 e. The molecule has 0 aromatic heterocycles. The average Bonchev–Trinajstić information content (AvgIpc) is 2.46. The monoisotopic (exact) mass is 328 g/mol. The Kier molecular flexibility index (Phi) is 5.96. The molecule has 1 heterocycles. The van der Waals surface area contributed by atoms with E-state index in [9.17, 15) is 0 Å². The third kappa shape index (κ3) is 3.92. The van der Waals surface area contributed by atoms with Crippen LogP contribution in [0.1, 0.15) is 45.7 Å². The normalized spacial score (nSPS) is 26.6. The molecule has 1 aromatic rings. The molecule has 4 heteroatoms. The van der Waals surface area contributed by atoms with Crippen LogP contribution in [-0.4, -0.2) is 30.1 Å². The standard InChI is InChI=1S/C17H26Cl2N2/c1-5-11(2)17-10-21(12(3)9-20-17)13(4)15-7-6-14(18)8-16(15)19/h6-8,11-13,17,20H,5,9-10H2,1-4H3. The summed E-state index contributed by atoms with van der Waals surface area (Å²) < 4.78 is 0. The van der Waals surface area contributed by atoms with Crippen LogP contribution in [0, 0.1) is 5.92 Å². The fraction of sp³-hybridized carbons (Fsp3) is 0.647. The van der Waals surface area contributed by atoms with Gasteiger partial charge in [-0.1, -0.05) is 49.5 Å². The predicted molar refractivity (Wildman–Crippen MR) is 92.3 cm³/mol. The first-order valence-corrected chi connectivity index (χ1v) is 8.63. The smallest absolute Gasteiger partial charge is 0.0468 e. The van der Waals surface area contributed by atoms with Crippen molar-refractivity contribution in [2.24, 2.45) is 5.92 Å². The molecule has 1 saturated heterocycles. The van der Waals surface area contributed by atoms with Crippen molar-refractivity contribution in [2.45, 2.75) is 52.2 Å². The summed E-state index contributed by atoms with van der Waals surface area (Å²) in [6, 6.07) is 7.19. The lowest BCUT2D eigenvalue weighted by atomic mass is 9.93. The Labute approximate surface area is 138 Å². The zero-order chi connectivity index (χ0) is 15.6. The summed E-state index contributed by atoms with van der Waals surface area (Å²) in [4.78, 5) is 2.56. The van der Waals surface area contributed by atoms with E-state index < -0.39 is 0 Å². The van der Waals surface area contributed by atoms with E-state index in [0.29, 0.717) is 29.1 Å². The van der Waals surface area contributed by atoms with Crippen molar-refractivity contribution in [1.82, 2.24) is 10.2 Å². The van der Waals surface area contributed by atoms with Gasteiger partial charge >= 0.3 is 0 Å². The van der Waals surface area contributed by atoms with Crippen molar-refractivity contribution in [3.8, 4) is 0 Å². The Morgan fingerprint density at radius 2 is 2.05 bits per heavy atom. The molecule has 1 aliphatic rings. The average molecular weight is 329 g/mol. The maximum Gasteiger partial charge on any atom is 0.0468 e. The fourth-order valence-corrected chi connectivity index (χ4v) is 3.70. The van der Waals surface area contributed by atoms with Crippen molar-refractivity contribution >= 4 is 23.2 Å². The van der Waals surface area contributed by atoms with Crippen LogP contribution in [0.15, 0.2) is 18.2 Å². The lowest BCUT2D eigenvalue weighted by Crippen LogP contribution is -2.57. The lowest BCUT2D eigenvalue weighted by Gasteiger charge is -2.44. The molecular formula is C17H26Cl2N2. The molecule has 2 nitrogen and oxygen atoms in total. The van der Waals surface area contributed by atoms with Gasteiger partial charge in [0.2, 0.25) is 0 Å². The Balaban J connectivity index is 2.17. The van der Waals surface area contributed by atoms with Crippen molar-refractivity contribution < 1.29 is 0 Å². The van der Waals surface area contributed by atoms with Gasteiger partial charge in [-0.25, -0.2) is 0 Å². The second kappa shape index (κ2) is 7.32. The Bertz CT molecular complexity index is 478. The number of hydrogen-bond donors (Lipinski definition) is 1. The van der Waals surface area contributed by atoms with E-state index in [1.807, 2.05) is 12.1 Å². The predicted octanol–water partition coefficient (Wildman–Crippen LogP) is 4.76. The summed E-state index contributed by atoms with van der Waals surface area (Å²) in [5.74, 6) is 0.688. The molecule has 1 aromatic carbocycles. The van der Waals surface area contributed by atoms with Crippen molar-refractivity contribution in [3.63, 3.8) is 0 Å². The molecule has 4 unspecified atom stereocenters. The van der Waals surface area contributed by atoms with Crippen LogP contribution < -0.4 is 5.32 Å². The maximum absolute atomic E-state index is 6.39. The van der Waals surface area contributed by atoms with Crippen LogP contribution in [0.5, 0.6) is 0 Å². The summed E-state index contributed by atoms with van der Waals surface area (Å²) in [6.45, 7) is 11.2. The summed E-state index contributed by atoms with van der Waals surface area (Å²) in [7, 11) is 0. The third-order valence-electron chi connectivity index (χ3n) is 4.89. The summed E-state index contributed by atoms with van der Waals surface area (Å²) >= 11 is 12.4. The van der Waals surface area contributed by atoms with Crippen LogP contribution in [0.4, 0.5) is 0 Å². The van der Waals surface area contributed by atoms with Gasteiger partial charge in [-0.2, -0.15) is 0 Å². The highest BCUT2D eigenvalue weighted by Crippen LogP contribution is 2.32. The molecule has 21 heavy (non-hydrogen) atoms. The summed E-state index contributed by atoms with van der Waals surface area (Å²) in [5, 5.41) is 5.14. The number of nitrogens with zero attached hydrogens (tertiary/aromatic N) is 1. The van der Waals surface area contributed by atoms with Gasteiger partial charge in [-0.15, -0.1) is 0 Å². The van der Waals surface area contributed by atoms with Gasteiger partial charge in [-0.05, 0) is 37.5 Å². The quantitative estimate of drug-likeness (QED) is 0.856. The van der Waals surface area contributed by atoms with Crippen molar-refractivity contribution in [2.75, 3.05) is 13.1 Å². The van der Waals surface area contributed by atoms with Crippen molar-refractivity contribution in [1.29, 1.82) is 0 Å². The number of nitrogens with one attached hydrogen (secondary N) is 1. The van der Waals surface area contributed by atoms with Gasteiger partial charge in [0.1, 0.15) is 0 Å². The van der Waals surface area contributed by atoms with Gasteiger partial charge in [0.15, 0.2) is 0 Å². The van der Waals surface area contributed by atoms with Gasteiger partial charge in [0.25, 0.3) is 0 Å². The Hall–Kier alpha value is -0.280. The van der Waals surface area contributed by atoms with E-state index in [-0.39, 0.29) is 0 Å². The first kappa shape index (κ1) is 17.1. The largest absolute Gasteiger partial charge is 0.311 e. The van der Waals surface area contributed by atoms with Crippen LogP contribution in [0.25, 0.3) is 0 Å². The van der Waals surface area contributed by atoms with E-state index in [1.165, 1.54) is 6.42 Å². The van der Waals surface area contributed by atoms with Gasteiger partial charge in [0.05, 0.1) is 0 Å². The van der Waals surface area contributed by atoms with E-state index in [2.05, 4.69) is 44.0 Å². The fourth-order valence-electron chi connectivity index (χ4n) is 3.14. The first-order valence-electron chi connectivity index (χ1n) is 7.88. The molecule has 0 bridgehead atoms. The molecule has 4 atom stereocenters. The second-order valence-electron chi connectivity index (χ2n) is 6.29. The molecule has 0 amide bonds. The lowest BCUT2D eigenvalue weighted by molar-refractivity contribution is 0.0819. The molecule has 0 radical (unpaired) electrons. The minimum absolute atomic E-state index is 0.304. The number of benzene rings is 1. The number of hydrogen-bond acceptors (Lipinski definition) is 2. The molecule has 1 N–H and O–H groups in total. The van der Waals surface area contributed by atoms with E-state index in [1.54, 1.807) is 0 Å². The SMILES string of the molecule is CCC(C)C1CN(C(C)c2ccc(Cl)cc2Cl)C(C)CN1. The Morgan fingerprint density at radius 1 is 1.33 bits per heavy atom. The molecule has 2 rings (SSSR count). The molecule has 0 saturated carbocycles. The van der Waals surface area contributed by atoms with Gasteiger partial charge < -0.3 is 5.32 Å². The van der Waals surface area contributed by atoms with E-state index in [4.69, 9.17) is 23.2 Å². The number of rotatable bonds is 4. The highest BCUT2D eigenvalue weighted by Gasteiger charge is 2.31. The maximum atomic E-state index is 6.39. The Morgan fingerprint density at radius 3 is 2.67 bits per heavy atom. The highest BCUT2D eigenvalue weighted by molar-refractivity contribution is 6.35. The van der Waals surface area contributed by atoms with Crippen molar-refractivity contribution in [3.05, 3.63) is 33.8 Å². The first-order chi connectivity index (χ1) is 9.93. The van der Waals surface area contributed by atoms with Gasteiger partial charge in [-0.3, -0.25) is 4.90 Å². The van der Waals surface area contributed by atoms with Crippen LogP contribution in [0.3, 0.4) is 0 Å². The molecule has 0 spiro atoms. The zero-order valence-electron chi connectivity index (χ0n) is 13.4. The highest BCUT2D eigenvalue weighted by atomic mass is 35.5. The summed E-state index contributed by atoms with van der Waals surface area (Å²) in [6.07, 6.45) is 1.20. The molecular weight excluding hydrogens is 303 g/mol. The topological polar surface area (TPSA) is 15.3 Å². The number of halogens is 2. The molecule has 1 fully saturated rings. The zero-order valence-corrected chi connectivity index (χ0v) is 14.9. The summed E-state index contributed by atoms with van der Waals surface area (Å²) in [5.41, 5.74) is 1.16. The van der Waals surface area contributed by atoms with Crippen LogP contribution in [0.2, 0.25) is 10.0 Å². The molecule has 1 aliphatic heterocycles. The van der Waals surface area contributed by atoms with Crippen LogP contribution in [-0.2, 0) is 0 Å². The second-order valence-corrected chi connectivity index (χ2v) is 7.13. The van der Waals surface area contributed by atoms with Gasteiger partial charge in [0, 0.05) is 41.3 Å². The molecule has 0 aliphatic carbocycles. The van der Waals surface area contributed by atoms with E-state index in [0.717, 1.165) is 23.7 Å².